The first kappa shape index (κ1) is 11.0. The van der Waals surface area contributed by atoms with Crippen LogP contribution in [0.4, 0.5) is 0 Å². The van der Waals surface area contributed by atoms with Crippen molar-refractivity contribution in [1.82, 2.24) is 0 Å². The predicted octanol–water partition coefficient (Wildman–Crippen LogP) is 3.05. The normalized spacial score (nSPS) is 9.67. The monoisotopic (exact) mass is 167 g/mol. The van der Waals surface area contributed by atoms with Crippen molar-refractivity contribution in [3.63, 3.8) is 0 Å². The first-order valence-corrected chi connectivity index (χ1v) is 4.39. The van der Waals surface area contributed by atoms with E-state index in [1.165, 1.54) is 0 Å². The minimum atomic E-state index is 0.805. The molecule has 0 saturated carbocycles. The van der Waals surface area contributed by atoms with Crippen LogP contribution in [0.15, 0.2) is 21.5 Å². The SMILES string of the molecule is CC.CCN=Cc1ccc(C)o1. The summed E-state index contributed by atoms with van der Waals surface area (Å²) in [5.41, 5.74) is 0. The van der Waals surface area contributed by atoms with Crippen LogP contribution in [-0.4, -0.2) is 12.8 Å². The van der Waals surface area contributed by atoms with Crippen molar-refractivity contribution < 1.29 is 4.42 Å². The number of aryl methyl sites for hydroxylation is 1. The van der Waals surface area contributed by atoms with E-state index in [4.69, 9.17) is 4.42 Å². The topological polar surface area (TPSA) is 25.5 Å². The van der Waals surface area contributed by atoms with Crippen LogP contribution in [0.2, 0.25) is 0 Å². The second kappa shape index (κ2) is 6.65. The molecule has 0 aliphatic carbocycles. The van der Waals surface area contributed by atoms with Crippen molar-refractivity contribution in [1.29, 1.82) is 0 Å². The van der Waals surface area contributed by atoms with E-state index in [9.17, 15) is 0 Å². The Morgan fingerprint density at radius 2 is 2.08 bits per heavy atom. The summed E-state index contributed by atoms with van der Waals surface area (Å²) in [5, 5.41) is 0. The maximum atomic E-state index is 5.24. The lowest BCUT2D eigenvalue weighted by molar-refractivity contribution is 0.528. The highest BCUT2D eigenvalue weighted by molar-refractivity contribution is 5.75. The summed E-state index contributed by atoms with van der Waals surface area (Å²) in [6.07, 6.45) is 1.74. The molecule has 0 saturated heterocycles. The zero-order valence-electron chi connectivity index (χ0n) is 8.29. The van der Waals surface area contributed by atoms with E-state index in [2.05, 4.69) is 4.99 Å². The summed E-state index contributed by atoms with van der Waals surface area (Å²) < 4.78 is 5.24. The van der Waals surface area contributed by atoms with Crippen molar-refractivity contribution in [2.24, 2.45) is 4.99 Å². The number of rotatable bonds is 2. The third-order valence-electron chi connectivity index (χ3n) is 1.16. The molecule has 12 heavy (non-hydrogen) atoms. The quantitative estimate of drug-likeness (QED) is 0.621. The molecule has 0 unspecified atom stereocenters. The number of hydrogen-bond acceptors (Lipinski definition) is 2. The molecule has 1 aromatic rings. The van der Waals surface area contributed by atoms with Gasteiger partial charge in [0, 0.05) is 6.54 Å². The lowest BCUT2D eigenvalue weighted by atomic mass is 10.4. The zero-order chi connectivity index (χ0) is 9.40. The minimum Gasteiger partial charge on any atom is -0.460 e. The van der Waals surface area contributed by atoms with E-state index in [0.29, 0.717) is 0 Å². The Hall–Kier alpha value is -1.05. The molecule has 0 aromatic carbocycles. The van der Waals surface area contributed by atoms with Crippen LogP contribution in [-0.2, 0) is 0 Å². The zero-order valence-corrected chi connectivity index (χ0v) is 8.29. The molecule has 0 amide bonds. The fraction of sp³-hybridized carbons (Fsp3) is 0.500. The third-order valence-corrected chi connectivity index (χ3v) is 1.16. The van der Waals surface area contributed by atoms with Crippen molar-refractivity contribution in [2.45, 2.75) is 27.7 Å². The van der Waals surface area contributed by atoms with E-state index < -0.39 is 0 Å². The summed E-state index contributed by atoms with van der Waals surface area (Å²) in [6.45, 7) is 8.72. The first-order valence-electron chi connectivity index (χ1n) is 4.39. The Balaban J connectivity index is 0.000000561. The highest BCUT2D eigenvalue weighted by Gasteiger charge is 1.91. The minimum absolute atomic E-state index is 0.805. The molecule has 0 spiro atoms. The van der Waals surface area contributed by atoms with Crippen LogP contribution in [0.5, 0.6) is 0 Å². The Morgan fingerprint density at radius 1 is 1.42 bits per heavy atom. The standard InChI is InChI=1S/C8H11NO.C2H6/c1-3-9-6-8-5-4-7(2)10-8;1-2/h4-6H,3H2,1-2H3;1-2H3. The van der Waals surface area contributed by atoms with E-state index in [-0.39, 0.29) is 0 Å². The van der Waals surface area contributed by atoms with Crippen molar-refractivity contribution in [2.75, 3.05) is 6.54 Å². The fourth-order valence-electron chi connectivity index (χ4n) is 0.704. The first-order chi connectivity index (χ1) is 5.83. The highest BCUT2D eigenvalue weighted by atomic mass is 16.3. The summed E-state index contributed by atoms with van der Waals surface area (Å²) in [4.78, 5) is 4.04. The molecule has 0 radical (unpaired) electrons. The molecule has 0 N–H and O–H groups in total. The van der Waals surface area contributed by atoms with Crippen molar-refractivity contribution >= 4 is 6.21 Å². The van der Waals surface area contributed by atoms with Crippen molar-refractivity contribution in [3.8, 4) is 0 Å². The molecule has 2 heteroatoms. The summed E-state index contributed by atoms with van der Waals surface area (Å²) in [5.74, 6) is 1.76. The molecule has 0 bridgehead atoms. The van der Waals surface area contributed by atoms with Gasteiger partial charge in [-0.1, -0.05) is 13.8 Å². The van der Waals surface area contributed by atoms with Gasteiger partial charge in [-0.05, 0) is 26.0 Å². The number of nitrogens with zero attached hydrogens (tertiary/aromatic N) is 1. The van der Waals surface area contributed by atoms with Crippen molar-refractivity contribution in [3.05, 3.63) is 23.7 Å². The second-order valence-corrected chi connectivity index (χ2v) is 2.08. The maximum absolute atomic E-state index is 5.24. The molecule has 1 heterocycles. The van der Waals surface area contributed by atoms with E-state index in [1.807, 2.05) is 39.8 Å². The van der Waals surface area contributed by atoms with Crippen LogP contribution in [0.3, 0.4) is 0 Å². The average Bonchev–Trinajstić information content (AvgIpc) is 2.51. The van der Waals surface area contributed by atoms with Gasteiger partial charge in [-0.3, -0.25) is 4.99 Å². The molecule has 0 aliphatic rings. The number of furan rings is 1. The molecule has 0 fully saturated rings. The largest absolute Gasteiger partial charge is 0.460 e. The van der Waals surface area contributed by atoms with Crippen LogP contribution < -0.4 is 0 Å². The van der Waals surface area contributed by atoms with Gasteiger partial charge in [-0.2, -0.15) is 0 Å². The van der Waals surface area contributed by atoms with E-state index in [1.54, 1.807) is 6.21 Å². The van der Waals surface area contributed by atoms with Gasteiger partial charge in [0.2, 0.25) is 0 Å². The summed E-state index contributed by atoms with van der Waals surface area (Å²) >= 11 is 0. The molecule has 0 aliphatic heterocycles. The third kappa shape index (κ3) is 3.96. The van der Waals surface area contributed by atoms with Crippen LogP contribution in [0.1, 0.15) is 32.3 Å². The van der Waals surface area contributed by atoms with Gasteiger partial charge in [0.25, 0.3) is 0 Å². The number of aliphatic imine (C=N–C) groups is 1. The molecule has 1 aromatic heterocycles. The molecular formula is C10H17NO. The van der Waals surface area contributed by atoms with E-state index in [0.717, 1.165) is 18.1 Å². The lowest BCUT2D eigenvalue weighted by Gasteiger charge is -1.82. The Bertz CT molecular complexity index is 225. The van der Waals surface area contributed by atoms with Crippen LogP contribution >= 0.6 is 0 Å². The van der Waals surface area contributed by atoms with Gasteiger partial charge >= 0.3 is 0 Å². The molecule has 68 valence electrons. The highest BCUT2D eigenvalue weighted by Crippen LogP contribution is 2.02. The Morgan fingerprint density at radius 3 is 2.50 bits per heavy atom. The predicted molar refractivity (Wildman–Crippen MR) is 52.9 cm³/mol. The van der Waals surface area contributed by atoms with Crippen LogP contribution in [0.25, 0.3) is 0 Å². The number of hydrogen-bond donors (Lipinski definition) is 0. The van der Waals surface area contributed by atoms with Gasteiger partial charge < -0.3 is 4.42 Å². The molecule has 0 atom stereocenters. The Labute approximate surface area is 74.3 Å². The van der Waals surface area contributed by atoms with Gasteiger partial charge in [-0.25, -0.2) is 0 Å². The Kier molecular flexibility index (Phi) is 6.07. The maximum Gasteiger partial charge on any atom is 0.144 e. The summed E-state index contributed by atoms with van der Waals surface area (Å²) in [7, 11) is 0. The molecule has 1 rings (SSSR count). The van der Waals surface area contributed by atoms with E-state index >= 15 is 0 Å². The van der Waals surface area contributed by atoms with Gasteiger partial charge in [0.15, 0.2) is 0 Å². The van der Waals surface area contributed by atoms with Crippen LogP contribution in [0, 0.1) is 6.92 Å². The van der Waals surface area contributed by atoms with Gasteiger partial charge in [0.1, 0.15) is 11.5 Å². The molecular weight excluding hydrogens is 150 g/mol. The van der Waals surface area contributed by atoms with Gasteiger partial charge in [0.05, 0.1) is 6.21 Å². The molecule has 2 nitrogen and oxygen atoms in total. The fourth-order valence-corrected chi connectivity index (χ4v) is 0.704. The second-order valence-electron chi connectivity index (χ2n) is 2.08. The van der Waals surface area contributed by atoms with Gasteiger partial charge in [-0.15, -0.1) is 0 Å². The lowest BCUT2D eigenvalue weighted by Crippen LogP contribution is -1.75. The smallest absolute Gasteiger partial charge is 0.144 e. The summed E-state index contributed by atoms with van der Waals surface area (Å²) in [6, 6.07) is 3.84. The average molecular weight is 167 g/mol.